The van der Waals surface area contributed by atoms with E-state index in [4.69, 9.17) is 11.6 Å². The lowest BCUT2D eigenvalue weighted by molar-refractivity contribution is -0.146. The molecule has 0 aliphatic heterocycles. The molecule has 3 rings (SSSR count). The monoisotopic (exact) mass is 503 g/mol. The first kappa shape index (κ1) is 26.5. The van der Waals surface area contributed by atoms with Gasteiger partial charge in [-0.3, -0.25) is 10.1 Å². The topological polar surface area (TPSA) is 69.6 Å². The van der Waals surface area contributed by atoms with Crippen LogP contribution in [0.25, 0.3) is 23.3 Å². The Bertz CT molecular complexity index is 1240. The van der Waals surface area contributed by atoms with Crippen molar-refractivity contribution in [3.05, 3.63) is 93.5 Å². The molecule has 0 fully saturated rings. The highest BCUT2D eigenvalue weighted by atomic mass is 35.5. The van der Waals surface area contributed by atoms with Crippen LogP contribution in [0.5, 0.6) is 0 Å². The van der Waals surface area contributed by atoms with Crippen LogP contribution in [0.15, 0.2) is 60.7 Å². The first-order valence-electron chi connectivity index (χ1n) is 10.8. The molecule has 1 unspecified atom stereocenters. The van der Waals surface area contributed by atoms with Crippen molar-refractivity contribution in [1.82, 2.24) is 5.32 Å². The Kier molecular flexibility index (Phi) is 8.05. The van der Waals surface area contributed by atoms with E-state index in [9.17, 15) is 28.2 Å². The van der Waals surface area contributed by atoms with E-state index in [1.807, 2.05) is 37.3 Å². The molecule has 0 aliphatic carbocycles. The number of rotatable bonds is 8. The van der Waals surface area contributed by atoms with Crippen molar-refractivity contribution in [2.24, 2.45) is 0 Å². The fraction of sp³-hybridized carbons (Fsp3) is 0.222. The highest BCUT2D eigenvalue weighted by Gasteiger charge is 2.34. The van der Waals surface area contributed by atoms with E-state index in [-0.39, 0.29) is 12.1 Å². The molecule has 3 aromatic rings. The zero-order chi connectivity index (χ0) is 25.8. The zero-order valence-corrected chi connectivity index (χ0v) is 19.9. The van der Waals surface area contributed by atoms with Crippen molar-refractivity contribution < 1.29 is 28.2 Å². The summed E-state index contributed by atoms with van der Waals surface area (Å²) in [6.07, 6.45) is -1.53. The van der Waals surface area contributed by atoms with E-state index in [0.717, 1.165) is 28.3 Å². The lowest BCUT2D eigenvalue weighted by atomic mass is 9.95. The summed E-state index contributed by atoms with van der Waals surface area (Å²) in [5.74, 6) is -1.26. The van der Waals surface area contributed by atoms with E-state index < -0.39 is 29.9 Å². The number of aliphatic carboxylic acids is 1. The van der Waals surface area contributed by atoms with Gasteiger partial charge >= 0.3 is 12.1 Å². The van der Waals surface area contributed by atoms with Gasteiger partial charge in [0.25, 0.3) is 0 Å². The second-order valence-electron chi connectivity index (χ2n) is 8.43. The lowest BCUT2D eigenvalue weighted by Gasteiger charge is -2.24. The minimum atomic E-state index is -4.56. The van der Waals surface area contributed by atoms with Gasteiger partial charge in [0.15, 0.2) is 0 Å². The summed E-state index contributed by atoms with van der Waals surface area (Å²) in [6, 6.07) is 16.5. The number of alkyl halides is 3. The van der Waals surface area contributed by atoms with E-state index in [0.29, 0.717) is 10.6 Å². The number of carboxylic acids is 1. The number of nitrogens with one attached hydrogen (secondary N) is 1. The van der Waals surface area contributed by atoms with Crippen LogP contribution < -0.4 is 5.32 Å². The van der Waals surface area contributed by atoms with Crippen LogP contribution >= 0.6 is 11.6 Å². The van der Waals surface area contributed by atoms with Crippen LogP contribution in [0.2, 0.25) is 5.02 Å². The van der Waals surface area contributed by atoms with Gasteiger partial charge in [0, 0.05) is 11.6 Å². The van der Waals surface area contributed by atoms with Crippen molar-refractivity contribution in [2.75, 3.05) is 6.61 Å². The number of hydrogen-bond acceptors (Lipinski definition) is 3. The standard InChI is InChI=1S/C27H25ClF3NO3/c1-17-19(4-3-5-23(17)20-9-11-22(28)12-10-20)7-8-21-14-18(6-13-24(21)27(29,30)31)15-32-26(2,16-33)25(34)35/h3-14,32-33H,15-16H2,1-2H3,(H,34,35). The largest absolute Gasteiger partial charge is 0.480 e. The minimum Gasteiger partial charge on any atom is -0.480 e. The lowest BCUT2D eigenvalue weighted by Crippen LogP contribution is -2.52. The summed E-state index contributed by atoms with van der Waals surface area (Å²) < 4.78 is 41.0. The summed E-state index contributed by atoms with van der Waals surface area (Å²) >= 11 is 5.97. The Hall–Kier alpha value is -3.13. The molecule has 8 heteroatoms. The molecule has 3 N–H and O–H groups in total. The second-order valence-corrected chi connectivity index (χ2v) is 8.86. The SMILES string of the molecule is Cc1c(C=Cc2cc(CNC(C)(CO)C(=O)O)ccc2C(F)(F)F)cccc1-c1ccc(Cl)cc1. The molecule has 0 saturated heterocycles. The fourth-order valence-corrected chi connectivity index (χ4v) is 3.70. The molecule has 3 aromatic carbocycles. The number of benzene rings is 3. The third-order valence-electron chi connectivity index (χ3n) is 5.87. The number of aliphatic hydroxyl groups is 1. The van der Waals surface area contributed by atoms with Gasteiger partial charge in [-0.2, -0.15) is 13.2 Å². The second kappa shape index (κ2) is 10.6. The van der Waals surface area contributed by atoms with Gasteiger partial charge in [-0.05, 0) is 71.5 Å². The summed E-state index contributed by atoms with van der Waals surface area (Å²) in [6.45, 7) is 2.50. The van der Waals surface area contributed by atoms with E-state index in [2.05, 4.69) is 5.32 Å². The van der Waals surface area contributed by atoms with Crippen molar-refractivity contribution in [3.63, 3.8) is 0 Å². The van der Waals surface area contributed by atoms with Gasteiger partial charge in [-0.25, -0.2) is 0 Å². The van der Waals surface area contributed by atoms with Gasteiger partial charge in [0.05, 0.1) is 12.2 Å². The highest BCUT2D eigenvalue weighted by molar-refractivity contribution is 6.30. The van der Waals surface area contributed by atoms with Gasteiger partial charge in [0.1, 0.15) is 5.54 Å². The van der Waals surface area contributed by atoms with E-state index >= 15 is 0 Å². The number of hydrogen-bond donors (Lipinski definition) is 3. The number of carboxylic acid groups (broad SMARTS) is 1. The maximum Gasteiger partial charge on any atom is 0.416 e. The molecule has 0 aliphatic rings. The molecule has 1 atom stereocenters. The number of halogens is 4. The summed E-state index contributed by atoms with van der Waals surface area (Å²) in [5.41, 5.74) is 1.53. The van der Waals surface area contributed by atoms with Crippen LogP contribution in [-0.2, 0) is 17.5 Å². The summed E-state index contributed by atoms with van der Waals surface area (Å²) in [7, 11) is 0. The predicted molar refractivity (Wildman–Crippen MR) is 132 cm³/mol. The Balaban J connectivity index is 1.95. The van der Waals surface area contributed by atoms with Crippen molar-refractivity contribution in [3.8, 4) is 11.1 Å². The van der Waals surface area contributed by atoms with Crippen LogP contribution in [0.4, 0.5) is 13.2 Å². The molecule has 0 aromatic heterocycles. The van der Waals surface area contributed by atoms with E-state index in [1.165, 1.54) is 25.1 Å². The van der Waals surface area contributed by atoms with Crippen LogP contribution in [0.3, 0.4) is 0 Å². The average molecular weight is 504 g/mol. The maximum atomic E-state index is 13.7. The number of carbonyl (C=O) groups is 1. The minimum absolute atomic E-state index is 0.0343. The van der Waals surface area contributed by atoms with Gasteiger partial charge in [-0.15, -0.1) is 0 Å². The van der Waals surface area contributed by atoms with Crippen LogP contribution in [-0.4, -0.2) is 28.3 Å². The molecular formula is C27H25ClF3NO3. The molecule has 0 heterocycles. The van der Waals surface area contributed by atoms with Gasteiger partial charge < -0.3 is 10.2 Å². The van der Waals surface area contributed by atoms with Gasteiger partial charge in [-0.1, -0.05) is 60.2 Å². The normalized spacial score (nSPS) is 13.7. The summed E-state index contributed by atoms with van der Waals surface area (Å²) in [4.78, 5) is 11.4. The molecule has 4 nitrogen and oxygen atoms in total. The Morgan fingerprint density at radius 3 is 2.29 bits per heavy atom. The van der Waals surface area contributed by atoms with Crippen LogP contribution in [0.1, 0.15) is 34.7 Å². The number of aliphatic hydroxyl groups excluding tert-OH is 1. The quantitative estimate of drug-likeness (QED) is 0.310. The summed E-state index contributed by atoms with van der Waals surface area (Å²) in [5, 5.41) is 22.0. The maximum absolute atomic E-state index is 13.7. The van der Waals surface area contributed by atoms with Crippen molar-refractivity contribution in [1.29, 1.82) is 0 Å². The van der Waals surface area contributed by atoms with Crippen molar-refractivity contribution in [2.45, 2.75) is 32.1 Å². The molecule has 184 valence electrons. The predicted octanol–water partition coefficient (Wildman–Crippen LogP) is 6.43. The van der Waals surface area contributed by atoms with Crippen molar-refractivity contribution >= 4 is 29.7 Å². The molecular weight excluding hydrogens is 479 g/mol. The molecule has 0 saturated carbocycles. The first-order valence-corrected chi connectivity index (χ1v) is 11.2. The molecule has 0 bridgehead atoms. The molecule has 0 radical (unpaired) electrons. The molecule has 0 spiro atoms. The Labute approximate surface area is 206 Å². The average Bonchev–Trinajstić information content (AvgIpc) is 2.81. The zero-order valence-electron chi connectivity index (χ0n) is 19.2. The molecule has 0 amide bonds. The Morgan fingerprint density at radius 1 is 1.03 bits per heavy atom. The third kappa shape index (κ3) is 6.31. The highest BCUT2D eigenvalue weighted by Crippen LogP contribution is 2.34. The van der Waals surface area contributed by atoms with E-state index in [1.54, 1.807) is 18.2 Å². The Morgan fingerprint density at radius 2 is 1.69 bits per heavy atom. The smallest absolute Gasteiger partial charge is 0.416 e. The molecule has 35 heavy (non-hydrogen) atoms. The fourth-order valence-electron chi connectivity index (χ4n) is 3.57. The van der Waals surface area contributed by atoms with Crippen LogP contribution in [0, 0.1) is 6.92 Å². The first-order chi connectivity index (χ1) is 16.4. The third-order valence-corrected chi connectivity index (χ3v) is 6.12. The van der Waals surface area contributed by atoms with Gasteiger partial charge in [0.2, 0.25) is 0 Å².